The van der Waals surface area contributed by atoms with Gasteiger partial charge in [0.15, 0.2) is 0 Å². The van der Waals surface area contributed by atoms with Crippen LogP contribution in [0.2, 0.25) is 0 Å². The fraction of sp³-hybridized carbons (Fsp3) is 0.364. The molecule has 2 aromatic rings. The van der Waals surface area contributed by atoms with Gasteiger partial charge in [0.05, 0.1) is 37.9 Å². The van der Waals surface area contributed by atoms with E-state index in [-0.39, 0.29) is 17.2 Å². The largest absolute Gasteiger partial charge is 0.496 e. The molecule has 1 fully saturated rings. The molecule has 1 aliphatic rings. The minimum Gasteiger partial charge on any atom is -0.496 e. The summed E-state index contributed by atoms with van der Waals surface area (Å²) in [5, 5.41) is 2.76. The predicted octanol–water partition coefficient (Wildman–Crippen LogP) is 2.07. The molecule has 0 aliphatic carbocycles. The van der Waals surface area contributed by atoms with Gasteiger partial charge in [-0.15, -0.1) is 0 Å². The van der Waals surface area contributed by atoms with Crippen LogP contribution in [0.5, 0.6) is 5.75 Å². The van der Waals surface area contributed by atoms with E-state index in [0.717, 1.165) is 0 Å². The number of sulfonamides is 1. The second kappa shape index (κ2) is 10.6. The molecule has 1 amide bonds. The number of nitrogens with zero attached hydrogens (tertiary/aromatic N) is 1. The zero-order valence-corrected chi connectivity index (χ0v) is 18.8. The van der Waals surface area contributed by atoms with E-state index in [4.69, 9.17) is 9.47 Å². The number of methoxy groups -OCH3 is 2. The maximum Gasteiger partial charge on any atom is 0.337 e. The van der Waals surface area contributed by atoms with Crippen LogP contribution in [0, 0.1) is 0 Å². The smallest absolute Gasteiger partial charge is 0.337 e. The van der Waals surface area contributed by atoms with Crippen LogP contribution in [0.1, 0.15) is 22.3 Å². The summed E-state index contributed by atoms with van der Waals surface area (Å²) in [6.07, 6.45) is 0.415. The van der Waals surface area contributed by atoms with Crippen molar-refractivity contribution in [2.24, 2.45) is 0 Å². The normalized spacial score (nSPS) is 14.6. The lowest BCUT2D eigenvalue weighted by Gasteiger charge is -2.26. The minimum atomic E-state index is -3.65. The van der Waals surface area contributed by atoms with E-state index in [1.807, 2.05) is 0 Å². The van der Waals surface area contributed by atoms with E-state index in [9.17, 15) is 18.0 Å². The van der Waals surface area contributed by atoms with Crippen molar-refractivity contribution >= 4 is 27.6 Å². The van der Waals surface area contributed by atoms with Crippen molar-refractivity contribution in [3.05, 3.63) is 53.6 Å². The van der Waals surface area contributed by atoms with Gasteiger partial charge in [-0.3, -0.25) is 4.79 Å². The van der Waals surface area contributed by atoms with Gasteiger partial charge in [0.2, 0.25) is 15.9 Å². The Morgan fingerprint density at radius 3 is 2.38 bits per heavy atom. The summed E-state index contributed by atoms with van der Waals surface area (Å²) >= 11 is 0. The molecule has 9 nitrogen and oxygen atoms in total. The number of rotatable bonds is 8. The van der Waals surface area contributed by atoms with Gasteiger partial charge in [0.1, 0.15) is 5.75 Å². The van der Waals surface area contributed by atoms with Gasteiger partial charge in [-0.1, -0.05) is 0 Å². The molecule has 0 bridgehead atoms. The average Bonchev–Trinajstić information content (AvgIpc) is 2.83. The van der Waals surface area contributed by atoms with Crippen LogP contribution in [-0.4, -0.2) is 65.1 Å². The third kappa shape index (κ3) is 5.64. The number of aryl methyl sites for hydroxylation is 1. The van der Waals surface area contributed by atoms with Gasteiger partial charge in [0.25, 0.3) is 0 Å². The minimum absolute atomic E-state index is 0.121. The molecule has 1 heterocycles. The molecule has 0 radical (unpaired) electrons. The van der Waals surface area contributed by atoms with Crippen LogP contribution in [0.3, 0.4) is 0 Å². The van der Waals surface area contributed by atoms with Crippen LogP contribution in [0.15, 0.2) is 47.4 Å². The summed E-state index contributed by atoms with van der Waals surface area (Å²) in [4.78, 5) is 24.1. The number of carbonyl (C=O) groups is 2. The van der Waals surface area contributed by atoms with Crippen molar-refractivity contribution in [1.29, 1.82) is 0 Å². The highest BCUT2D eigenvalue weighted by Gasteiger charge is 2.27. The van der Waals surface area contributed by atoms with E-state index >= 15 is 0 Å². The Morgan fingerprint density at radius 1 is 1.06 bits per heavy atom. The van der Waals surface area contributed by atoms with Crippen molar-refractivity contribution in [3.8, 4) is 5.75 Å². The molecule has 10 heteroatoms. The van der Waals surface area contributed by atoms with E-state index < -0.39 is 16.0 Å². The van der Waals surface area contributed by atoms with Crippen molar-refractivity contribution < 1.29 is 32.2 Å². The van der Waals surface area contributed by atoms with Crippen LogP contribution in [0.25, 0.3) is 0 Å². The van der Waals surface area contributed by atoms with Gasteiger partial charge >= 0.3 is 5.97 Å². The summed E-state index contributed by atoms with van der Waals surface area (Å²) in [5.41, 5.74) is 1.55. The van der Waals surface area contributed by atoms with Crippen LogP contribution in [0.4, 0.5) is 5.69 Å². The van der Waals surface area contributed by atoms with E-state index in [1.165, 1.54) is 24.6 Å². The summed E-state index contributed by atoms with van der Waals surface area (Å²) in [7, 11) is -0.854. The Morgan fingerprint density at radius 2 is 1.75 bits per heavy atom. The highest BCUT2D eigenvalue weighted by molar-refractivity contribution is 7.89. The lowest BCUT2D eigenvalue weighted by molar-refractivity contribution is -0.116. The molecule has 0 unspecified atom stereocenters. The number of hydrogen-bond acceptors (Lipinski definition) is 7. The first kappa shape index (κ1) is 23.7. The van der Waals surface area contributed by atoms with Crippen molar-refractivity contribution in [2.75, 3.05) is 45.8 Å². The van der Waals surface area contributed by atoms with Crippen LogP contribution in [-0.2, 0) is 30.7 Å². The maximum atomic E-state index is 12.9. The number of morpholine rings is 1. The monoisotopic (exact) mass is 462 g/mol. The molecule has 0 saturated carbocycles. The Kier molecular flexibility index (Phi) is 7.84. The highest BCUT2D eigenvalue weighted by atomic mass is 32.2. The number of nitrogens with one attached hydrogen (secondary N) is 1. The molecule has 0 aromatic heterocycles. The van der Waals surface area contributed by atoms with Crippen LogP contribution < -0.4 is 10.1 Å². The molecule has 3 rings (SSSR count). The summed E-state index contributed by atoms with van der Waals surface area (Å²) in [6, 6.07) is 11.0. The van der Waals surface area contributed by atoms with Gasteiger partial charge in [-0.05, 0) is 54.4 Å². The first-order valence-electron chi connectivity index (χ1n) is 10.1. The number of ether oxygens (including phenoxy) is 3. The number of hydrogen-bond donors (Lipinski definition) is 1. The Bertz CT molecular complexity index is 1060. The molecule has 0 spiro atoms. The molecule has 0 atom stereocenters. The van der Waals surface area contributed by atoms with E-state index in [2.05, 4.69) is 10.1 Å². The quantitative estimate of drug-likeness (QED) is 0.598. The number of benzene rings is 2. The van der Waals surface area contributed by atoms with Crippen LogP contribution >= 0.6 is 0 Å². The fourth-order valence-corrected chi connectivity index (χ4v) is 4.79. The van der Waals surface area contributed by atoms with E-state index in [0.29, 0.717) is 55.3 Å². The second-order valence-corrected chi connectivity index (χ2v) is 9.05. The molecule has 1 aliphatic heterocycles. The highest BCUT2D eigenvalue weighted by Crippen LogP contribution is 2.26. The lowest BCUT2D eigenvalue weighted by Crippen LogP contribution is -2.40. The fourth-order valence-electron chi connectivity index (χ4n) is 3.33. The SMILES string of the molecule is COC(=O)c1ccc(NC(=O)CCc2cc(S(=O)(=O)N3CCOCC3)ccc2OC)cc1. The van der Waals surface area contributed by atoms with Crippen molar-refractivity contribution in [3.63, 3.8) is 0 Å². The molecular weight excluding hydrogens is 436 g/mol. The predicted molar refractivity (Wildman–Crippen MR) is 117 cm³/mol. The zero-order valence-electron chi connectivity index (χ0n) is 18.0. The topological polar surface area (TPSA) is 111 Å². The molecule has 1 saturated heterocycles. The number of esters is 1. The summed E-state index contributed by atoms with van der Waals surface area (Å²) in [5.74, 6) is -0.192. The molecular formula is C22H26N2O7S. The Labute approximate surface area is 187 Å². The number of amides is 1. The van der Waals surface area contributed by atoms with E-state index in [1.54, 1.807) is 36.4 Å². The summed E-state index contributed by atoms with van der Waals surface area (Å²) < 4.78 is 42.5. The van der Waals surface area contributed by atoms with Crippen molar-refractivity contribution in [2.45, 2.75) is 17.7 Å². The van der Waals surface area contributed by atoms with Gasteiger partial charge in [0, 0.05) is 25.2 Å². The number of carbonyl (C=O) groups excluding carboxylic acids is 2. The molecule has 2 aromatic carbocycles. The van der Waals surface area contributed by atoms with Gasteiger partial charge < -0.3 is 19.5 Å². The first-order valence-corrected chi connectivity index (χ1v) is 11.5. The Balaban J connectivity index is 1.67. The number of anilines is 1. The summed E-state index contributed by atoms with van der Waals surface area (Å²) in [6.45, 7) is 1.34. The average molecular weight is 463 g/mol. The standard InChI is InChI=1S/C22H26N2O7S/c1-29-20-9-8-19(32(27,28)24-11-13-31-14-12-24)15-17(20)5-10-21(25)23-18-6-3-16(4-7-18)22(26)30-2/h3-4,6-9,15H,5,10-14H2,1-2H3,(H,23,25). The zero-order chi connectivity index (χ0) is 23.1. The molecule has 32 heavy (non-hydrogen) atoms. The maximum absolute atomic E-state index is 12.9. The van der Waals surface area contributed by atoms with Gasteiger partial charge in [-0.2, -0.15) is 4.31 Å². The van der Waals surface area contributed by atoms with Gasteiger partial charge in [-0.25, -0.2) is 13.2 Å². The lowest BCUT2D eigenvalue weighted by atomic mass is 10.1. The second-order valence-electron chi connectivity index (χ2n) is 7.11. The molecule has 172 valence electrons. The first-order chi connectivity index (χ1) is 15.3. The van der Waals surface area contributed by atoms with Crippen molar-refractivity contribution in [1.82, 2.24) is 4.31 Å². The molecule has 1 N–H and O–H groups in total. The third-order valence-corrected chi connectivity index (χ3v) is 6.97. The Hall–Kier alpha value is -2.95. The third-order valence-electron chi connectivity index (χ3n) is 5.07.